The summed E-state index contributed by atoms with van der Waals surface area (Å²) < 4.78 is 0. The molecule has 1 aromatic carbocycles. The lowest BCUT2D eigenvalue weighted by molar-refractivity contribution is 0.142. The molecule has 0 heterocycles. The van der Waals surface area contributed by atoms with Crippen molar-refractivity contribution in [3.05, 3.63) is 35.4 Å². The standard InChI is InChI=1S/C16H28N2/c1-7-18(12(2)3)14(5)16(17-6)15-10-8-13(4)9-11-15/h8-12,14,16-17H,7H2,1-6H3. The lowest BCUT2D eigenvalue weighted by Crippen LogP contribution is -2.45. The minimum absolute atomic E-state index is 0.382. The molecule has 0 fully saturated rings. The van der Waals surface area contributed by atoms with Crippen LogP contribution in [0.15, 0.2) is 24.3 Å². The predicted octanol–water partition coefficient (Wildman–Crippen LogP) is 3.37. The van der Waals surface area contributed by atoms with Crippen molar-refractivity contribution >= 4 is 0 Å². The van der Waals surface area contributed by atoms with Gasteiger partial charge in [0.25, 0.3) is 0 Å². The van der Waals surface area contributed by atoms with Gasteiger partial charge >= 0.3 is 0 Å². The summed E-state index contributed by atoms with van der Waals surface area (Å²) in [6, 6.07) is 10.3. The Kier molecular flexibility index (Phi) is 5.83. The minimum Gasteiger partial charge on any atom is -0.312 e. The van der Waals surface area contributed by atoms with Gasteiger partial charge in [-0.25, -0.2) is 0 Å². The van der Waals surface area contributed by atoms with Gasteiger partial charge in [-0.3, -0.25) is 4.90 Å². The van der Waals surface area contributed by atoms with Gasteiger partial charge in [-0.05, 0) is 46.9 Å². The van der Waals surface area contributed by atoms with E-state index < -0.39 is 0 Å². The maximum atomic E-state index is 3.47. The molecule has 0 radical (unpaired) electrons. The highest BCUT2D eigenvalue weighted by Gasteiger charge is 2.24. The fourth-order valence-electron chi connectivity index (χ4n) is 2.78. The zero-order chi connectivity index (χ0) is 13.7. The van der Waals surface area contributed by atoms with E-state index in [1.54, 1.807) is 0 Å². The van der Waals surface area contributed by atoms with Crippen molar-refractivity contribution in [3.63, 3.8) is 0 Å². The number of rotatable bonds is 6. The lowest BCUT2D eigenvalue weighted by atomic mass is 9.97. The van der Waals surface area contributed by atoms with Crippen LogP contribution in [0.1, 0.15) is 44.9 Å². The molecule has 1 aromatic rings. The number of nitrogens with zero attached hydrogens (tertiary/aromatic N) is 1. The Labute approximate surface area is 112 Å². The third-order valence-corrected chi connectivity index (χ3v) is 3.78. The molecule has 1 rings (SSSR count). The minimum atomic E-state index is 0.382. The smallest absolute Gasteiger partial charge is 0.0473 e. The molecule has 0 aliphatic rings. The molecule has 0 aliphatic carbocycles. The van der Waals surface area contributed by atoms with E-state index in [4.69, 9.17) is 0 Å². The molecule has 102 valence electrons. The number of hydrogen-bond acceptors (Lipinski definition) is 2. The van der Waals surface area contributed by atoms with Gasteiger partial charge in [0, 0.05) is 18.1 Å². The first-order valence-corrected chi connectivity index (χ1v) is 7.00. The van der Waals surface area contributed by atoms with Crippen LogP contribution in [0.5, 0.6) is 0 Å². The molecule has 0 aliphatic heterocycles. The van der Waals surface area contributed by atoms with Gasteiger partial charge in [0.05, 0.1) is 0 Å². The van der Waals surface area contributed by atoms with E-state index in [1.807, 2.05) is 0 Å². The zero-order valence-electron chi connectivity index (χ0n) is 12.7. The fraction of sp³-hybridized carbons (Fsp3) is 0.625. The summed E-state index contributed by atoms with van der Waals surface area (Å²) in [5, 5.41) is 3.47. The number of benzene rings is 1. The molecule has 18 heavy (non-hydrogen) atoms. The second-order valence-electron chi connectivity index (χ2n) is 5.34. The van der Waals surface area contributed by atoms with E-state index in [1.165, 1.54) is 11.1 Å². The topological polar surface area (TPSA) is 15.3 Å². The summed E-state index contributed by atoms with van der Waals surface area (Å²) >= 11 is 0. The molecule has 0 amide bonds. The molecule has 0 saturated heterocycles. The van der Waals surface area contributed by atoms with Crippen molar-refractivity contribution in [1.29, 1.82) is 0 Å². The average Bonchev–Trinajstić information content (AvgIpc) is 2.33. The Hall–Kier alpha value is -0.860. The van der Waals surface area contributed by atoms with Crippen molar-refractivity contribution in [2.24, 2.45) is 0 Å². The van der Waals surface area contributed by atoms with Crippen LogP contribution in [-0.2, 0) is 0 Å². The van der Waals surface area contributed by atoms with Crippen LogP contribution in [0.2, 0.25) is 0 Å². The van der Waals surface area contributed by atoms with Crippen LogP contribution < -0.4 is 5.32 Å². The van der Waals surface area contributed by atoms with Gasteiger partial charge in [0.1, 0.15) is 0 Å². The van der Waals surface area contributed by atoms with E-state index in [0.29, 0.717) is 18.1 Å². The number of likely N-dealkylation sites (N-methyl/N-ethyl adjacent to an activating group) is 2. The van der Waals surface area contributed by atoms with Crippen molar-refractivity contribution < 1.29 is 0 Å². The van der Waals surface area contributed by atoms with Crippen molar-refractivity contribution in [1.82, 2.24) is 10.2 Å². The van der Waals surface area contributed by atoms with Crippen LogP contribution in [0.3, 0.4) is 0 Å². The van der Waals surface area contributed by atoms with E-state index >= 15 is 0 Å². The maximum Gasteiger partial charge on any atom is 0.0473 e. The van der Waals surface area contributed by atoms with Crippen LogP contribution in [0.4, 0.5) is 0 Å². The van der Waals surface area contributed by atoms with Gasteiger partial charge in [0.2, 0.25) is 0 Å². The van der Waals surface area contributed by atoms with E-state index in [9.17, 15) is 0 Å². The largest absolute Gasteiger partial charge is 0.312 e. The number of aryl methyl sites for hydroxylation is 1. The normalized spacial score (nSPS) is 15.1. The molecule has 2 unspecified atom stereocenters. The first-order chi connectivity index (χ1) is 8.51. The SMILES string of the molecule is CCN(C(C)C)C(C)C(NC)c1ccc(C)cc1. The highest BCUT2D eigenvalue weighted by Crippen LogP contribution is 2.22. The molecule has 1 N–H and O–H groups in total. The summed E-state index contributed by atoms with van der Waals surface area (Å²) in [6.45, 7) is 12.3. The van der Waals surface area contributed by atoms with E-state index in [2.05, 4.69) is 76.1 Å². The summed E-state index contributed by atoms with van der Waals surface area (Å²) in [5.74, 6) is 0. The first-order valence-electron chi connectivity index (χ1n) is 7.00. The number of nitrogens with one attached hydrogen (secondary N) is 1. The highest BCUT2D eigenvalue weighted by atomic mass is 15.2. The quantitative estimate of drug-likeness (QED) is 0.830. The molecule has 0 bridgehead atoms. The zero-order valence-corrected chi connectivity index (χ0v) is 12.7. The third kappa shape index (κ3) is 3.56. The molecule has 0 saturated carbocycles. The van der Waals surface area contributed by atoms with Crippen molar-refractivity contribution in [3.8, 4) is 0 Å². The third-order valence-electron chi connectivity index (χ3n) is 3.78. The average molecular weight is 248 g/mol. The van der Waals surface area contributed by atoms with Gasteiger partial charge in [-0.1, -0.05) is 36.8 Å². The molecular weight excluding hydrogens is 220 g/mol. The van der Waals surface area contributed by atoms with Gasteiger partial charge in [-0.2, -0.15) is 0 Å². The second kappa shape index (κ2) is 6.91. The van der Waals surface area contributed by atoms with Gasteiger partial charge in [0.15, 0.2) is 0 Å². The van der Waals surface area contributed by atoms with E-state index in [0.717, 1.165) is 6.54 Å². The number of hydrogen-bond donors (Lipinski definition) is 1. The predicted molar refractivity (Wildman–Crippen MR) is 80.0 cm³/mol. The maximum absolute atomic E-state index is 3.47. The Balaban J connectivity index is 2.91. The molecule has 2 nitrogen and oxygen atoms in total. The van der Waals surface area contributed by atoms with Crippen LogP contribution in [0.25, 0.3) is 0 Å². The Bertz CT molecular complexity index is 343. The highest BCUT2D eigenvalue weighted by molar-refractivity contribution is 5.25. The lowest BCUT2D eigenvalue weighted by Gasteiger charge is -2.37. The van der Waals surface area contributed by atoms with Crippen molar-refractivity contribution in [2.45, 2.75) is 52.7 Å². The molecular formula is C16H28N2. The van der Waals surface area contributed by atoms with Crippen molar-refractivity contribution in [2.75, 3.05) is 13.6 Å². The van der Waals surface area contributed by atoms with Crippen LogP contribution in [0, 0.1) is 6.92 Å². The monoisotopic (exact) mass is 248 g/mol. The Morgan fingerprint density at radius 3 is 2.06 bits per heavy atom. The molecule has 2 heteroatoms. The first kappa shape index (κ1) is 15.2. The molecule has 0 aromatic heterocycles. The summed E-state index contributed by atoms with van der Waals surface area (Å²) in [6.07, 6.45) is 0. The Morgan fingerprint density at radius 2 is 1.67 bits per heavy atom. The van der Waals surface area contributed by atoms with Gasteiger partial charge in [-0.15, -0.1) is 0 Å². The van der Waals surface area contributed by atoms with Crippen LogP contribution in [-0.4, -0.2) is 30.6 Å². The van der Waals surface area contributed by atoms with E-state index in [-0.39, 0.29) is 0 Å². The summed E-state index contributed by atoms with van der Waals surface area (Å²) in [7, 11) is 2.05. The molecule has 0 spiro atoms. The van der Waals surface area contributed by atoms with Crippen LogP contribution >= 0.6 is 0 Å². The summed E-state index contributed by atoms with van der Waals surface area (Å²) in [5.41, 5.74) is 2.69. The summed E-state index contributed by atoms with van der Waals surface area (Å²) in [4.78, 5) is 2.53. The second-order valence-corrected chi connectivity index (χ2v) is 5.34. The Morgan fingerprint density at radius 1 is 1.11 bits per heavy atom. The molecule has 2 atom stereocenters. The van der Waals surface area contributed by atoms with Gasteiger partial charge < -0.3 is 5.32 Å². The fourth-order valence-corrected chi connectivity index (χ4v) is 2.78.